The molecule has 3 N–H and O–H groups in total. The largest absolute Gasteiger partial charge is 0.489 e. The van der Waals surface area contributed by atoms with E-state index >= 15 is 4.39 Å². The standard InChI is InChI=1S/C39H43FN8O5/c1-22(2)53-34-16-30-24(14-33(34)44-38(51)31-18-43-48-13-3-12-41-36(31)48)21-47(39(30)52)26-6-4-25(5-7-26)42-17-23-19-46(20-23)27-8-9-28(32(40)15-27)29-10-11-35(49)45-37(29)50/h3,8-9,12-16,18,22-23,25-26,29,42H,4-7,10-11,17,19-21H2,1-2H3,(H,44,51)(H,45,49,50). The number of benzene rings is 2. The third-order valence-corrected chi connectivity index (χ3v) is 10.9. The van der Waals surface area contributed by atoms with E-state index in [2.05, 4.69) is 30.9 Å². The van der Waals surface area contributed by atoms with E-state index in [-0.39, 0.29) is 36.3 Å². The van der Waals surface area contributed by atoms with Crippen LogP contribution >= 0.6 is 0 Å². The van der Waals surface area contributed by atoms with Crippen LogP contribution in [0, 0.1) is 11.7 Å². The second-order valence-corrected chi connectivity index (χ2v) is 14.9. The molecular weight excluding hydrogens is 679 g/mol. The molecule has 0 spiro atoms. The highest BCUT2D eigenvalue weighted by Gasteiger charge is 2.37. The Balaban J connectivity index is 0.831. The summed E-state index contributed by atoms with van der Waals surface area (Å²) < 4.78 is 22.6. The van der Waals surface area contributed by atoms with Crippen molar-refractivity contribution in [3.8, 4) is 5.75 Å². The lowest BCUT2D eigenvalue weighted by molar-refractivity contribution is -0.134. The summed E-state index contributed by atoms with van der Waals surface area (Å²) in [4.78, 5) is 59.2. The van der Waals surface area contributed by atoms with Gasteiger partial charge in [0.15, 0.2) is 5.65 Å². The Morgan fingerprint density at radius 3 is 2.64 bits per heavy atom. The van der Waals surface area contributed by atoms with Crippen molar-refractivity contribution >= 4 is 40.7 Å². The number of carbonyl (C=O) groups excluding carboxylic acids is 4. The number of halogens is 1. The number of imide groups is 1. The van der Waals surface area contributed by atoms with Gasteiger partial charge in [-0.1, -0.05) is 6.07 Å². The Bertz CT molecular complexity index is 2090. The molecule has 8 rings (SSSR count). The van der Waals surface area contributed by atoms with Gasteiger partial charge in [-0.3, -0.25) is 24.5 Å². The Kier molecular flexibility index (Phi) is 9.31. The van der Waals surface area contributed by atoms with Gasteiger partial charge in [0, 0.05) is 79.8 Å². The first-order chi connectivity index (χ1) is 25.6. The summed E-state index contributed by atoms with van der Waals surface area (Å²) in [6.45, 7) is 6.80. The van der Waals surface area contributed by atoms with E-state index < -0.39 is 17.6 Å². The molecule has 1 aliphatic carbocycles. The van der Waals surface area contributed by atoms with Crippen LogP contribution in [0.5, 0.6) is 5.75 Å². The molecule has 276 valence electrons. The summed E-state index contributed by atoms with van der Waals surface area (Å²) in [6.07, 6.45) is 8.93. The van der Waals surface area contributed by atoms with Gasteiger partial charge in [-0.25, -0.2) is 13.9 Å². The van der Waals surface area contributed by atoms with E-state index in [1.165, 1.54) is 12.3 Å². The average molecular weight is 723 g/mol. The lowest BCUT2D eigenvalue weighted by Crippen LogP contribution is -2.52. The number of nitrogens with one attached hydrogen (secondary N) is 3. The number of rotatable bonds is 10. The van der Waals surface area contributed by atoms with Gasteiger partial charge in [0.05, 0.1) is 23.9 Å². The summed E-state index contributed by atoms with van der Waals surface area (Å²) >= 11 is 0. The maximum absolute atomic E-state index is 15.0. The van der Waals surface area contributed by atoms with Crippen molar-refractivity contribution < 1.29 is 28.3 Å². The van der Waals surface area contributed by atoms with Crippen LogP contribution in [0.1, 0.15) is 90.1 Å². The number of fused-ring (bicyclic) bond motifs is 2. The number of carbonyl (C=O) groups is 4. The molecule has 4 aromatic rings. The highest BCUT2D eigenvalue weighted by Crippen LogP contribution is 2.38. The smallest absolute Gasteiger partial charge is 0.261 e. The van der Waals surface area contributed by atoms with Crippen LogP contribution in [0.15, 0.2) is 55.0 Å². The fraction of sp³-hybridized carbons (Fsp3) is 0.436. The van der Waals surface area contributed by atoms with Crippen LogP contribution in [0.2, 0.25) is 0 Å². The Morgan fingerprint density at radius 2 is 1.89 bits per heavy atom. The van der Waals surface area contributed by atoms with E-state index in [1.807, 2.05) is 30.9 Å². The number of aromatic nitrogens is 3. The number of ether oxygens (including phenoxy) is 1. The molecule has 4 aliphatic rings. The zero-order valence-corrected chi connectivity index (χ0v) is 29.8. The van der Waals surface area contributed by atoms with Crippen LogP contribution < -0.4 is 25.6 Å². The predicted molar refractivity (Wildman–Crippen MR) is 194 cm³/mol. The molecule has 5 heterocycles. The molecule has 1 saturated carbocycles. The first-order valence-electron chi connectivity index (χ1n) is 18.5. The number of anilines is 2. The minimum atomic E-state index is -0.637. The van der Waals surface area contributed by atoms with E-state index in [9.17, 15) is 19.2 Å². The second-order valence-electron chi connectivity index (χ2n) is 14.9. The average Bonchev–Trinajstić information content (AvgIpc) is 3.69. The van der Waals surface area contributed by atoms with Crippen molar-refractivity contribution in [2.45, 2.75) is 83.0 Å². The van der Waals surface area contributed by atoms with Gasteiger partial charge in [0.25, 0.3) is 11.8 Å². The minimum absolute atomic E-state index is 0.00847. The third kappa shape index (κ3) is 6.95. The molecule has 4 amide bonds. The summed E-state index contributed by atoms with van der Waals surface area (Å²) in [7, 11) is 0. The van der Waals surface area contributed by atoms with Crippen molar-refractivity contribution in [1.29, 1.82) is 0 Å². The highest BCUT2D eigenvalue weighted by atomic mass is 19.1. The fourth-order valence-corrected chi connectivity index (χ4v) is 8.11. The fourth-order valence-electron chi connectivity index (χ4n) is 8.11. The van der Waals surface area contributed by atoms with E-state index in [1.54, 1.807) is 35.1 Å². The summed E-state index contributed by atoms with van der Waals surface area (Å²) in [5.41, 5.74) is 3.90. The van der Waals surface area contributed by atoms with Crippen molar-refractivity contribution in [3.63, 3.8) is 0 Å². The summed E-state index contributed by atoms with van der Waals surface area (Å²) in [5.74, 6) is -1.27. The van der Waals surface area contributed by atoms with Crippen LogP contribution in [0.4, 0.5) is 15.8 Å². The second kappa shape index (κ2) is 14.2. The molecule has 1 unspecified atom stereocenters. The van der Waals surface area contributed by atoms with Crippen molar-refractivity contribution in [1.82, 2.24) is 30.1 Å². The zero-order valence-electron chi connectivity index (χ0n) is 29.8. The first kappa shape index (κ1) is 34.7. The molecule has 14 heteroatoms. The van der Waals surface area contributed by atoms with E-state index in [0.29, 0.717) is 58.7 Å². The first-order valence-corrected chi connectivity index (χ1v) is 18.5. The minimum Gasteiger partial charge on any atom is -0.489 e. The molecular formula is C39H43FN8O5. The maximum Gasteiger partial charge on any atom is 0.261 e. The molecule has 53 heavy (non-hydrogen) atoms. The van der Waals surface area contributed by atoms with Gasteiger partial charge >= 0.3 is 0 Å². The quantitative estimate of drug-likeness (QED) is 0.202. The number of piperidine rings is 1. The Labute approximate surface area is 306 Å². The van der Waals surface area contributed by atoms with E-state index in [4.69, 9.17) is 4.74 Å². The molecule has 3 aliphatic heterocycles. The maximum atomic E-state index is 15.0. The predicted octanol–water partition coefficient (Wildman–Crippen LogP) is 4.42. The van der Waals surface area contributed by atoms with Crippen LogP contribution in [-0.2, 0) is 16.1 Å². The van der Waals surface area contributed by atoms with Gasteiger partial charge < -0.3 is 25.2 Å². The molecule has 0 bridgehead atoms. The lowest BCUT2D eigenvalue weighted by Gasteiger charge is -2.42. The highest BCUT2D eigenvalue weighted by molar-refractivity contribution is 6.09. The molecule has 1 atom stereocenters. The molecule has 0 radical (unpaired) electrons. The van der Waals surface area contributed by atoms with Gasteiger partial charge in [0.2, 0.25) is 11.8 Å². The van der Waals surface area contributed by atoms with Crippen LogP contribution in [0.25, 0.3) is 5.65 Å². The summed E-state index contributed by atoms with van der Waals surface area (Å²) in [5, 5.41) is 13.3. The number of hydrogen-bond donors (Lipinski definition) is 3. The SMILES string of the molecule is CC(C)Oc1cc2c(cc1NC(=O)c1cnn3cccnc13)CN(C1CCC(NCC3CN(c4ccc(C5CCC(=O)NC5=O)c(F)c4)C3)CC1)C2=O. The van der Waals surface area contributed by atoms with Crippen molar-refractivity contribution in [3.05, 3.63) is 83.1 Å². The zero-order chi connectivity index (χ0) is 36.8. The Morgan fingerprint density at radius 1 is 1.08 bits per heavy atom. The molecule has 2 aromatic carbocycles. The number of amides is 4. The van der Waals surface area contributed by atoms with E-state index in [0.717, 1.165) is 56.6 Å². The topological polar surface area (TPSA) is 150 Å². The van der Waals surface area contributed by atoms with Gasteiger partial charge in [-0.2, -0.15) is 5.10 Å². The normalized spacial score (nSPS) is 21.9. The Hall–Kier alpha value is -5.37. The molecule has 2 aromatic heterocycles. The van der Waals surface area contributed by atoms with Crippen molar-refractivity contribution in [2.75, 3.05) is 29.9 Å². The molecule has 13 nitrogen and oxygen atoms in total. The number of hydrogen-bond acceptors (Lipinski definition) is 9. The van der Waals surface area contributed by atoms with Gasteiger partial charge in [-0.15, -0.1) is 0 Å². The monoisotopic (exact) mass is 722 g/mol. The van der Waals surface area contributed by atoms with Gasteiger partial charge in [-0.05, 0) is 81.8 Å². The van der Waals surface area contributed by atoms with Crippen LogP contribution in [0.3, 0.4) is 0 Å². The lowest BCUT2D eigenvalue weighted by atomic mass is 9.89. The van der Waals surface area contributed by atoms with Crippen molar-refractivity contribution in [2.24, 2.45) is 5.92 Å². The molecule has 2 saturated heterocycles. The van der Waals surface area contributed by atoms with Gasteiger partial charge in [0.1, 0.15) is 17.1 Å². The third-order valence-electron chi connectivity index (χ3n) is 10.9. The number of nitrogens with zero attached hydrogens (tertiary/aromatic N) is 5. The van der Waals surface area contributed by atoms with Crippen LogP contribution in [-0.4, -0.2) is 80.9 Å². The molecule has 3 fully saturated rings. The summed E-state index contributed by atoms with van der Waals surface area (Å²) in [6, 6.07) is 10.9.